The molecular weight excluding hydrogens is 237 g/mol. The molecule has 0 aliphatic carbocycles. The fourth-order valence-electron chi connectivity index (χ4n) is 0.951. The van der Waals surface area contributed by atoms with Crippen molar-refractivity contribution in [3.05, 3.63) is 35.9 Å². The Morgan fingerprint density at radius 1 is 0.833 bits per heavy atom. The van der Waals surface area contributed by atoms with Crippen molar-refractivity contribution < 1.29 is 0 Å². The molecule has 0 saturated carbocycles. The molecule has 2 heteroatoms. The zero-order chi connectivity index (χ0) is 15.2. The van der Waals surface area contributed by atoms with Crippen LogP contribution in [0.25, 0.3) is 0 Å². The van der Waals surface area contributed by atoms with E-state index in [-0.39, 0.29) is 0 Å². The van der Waals surface area contributed by atoms with Crippen molar-refractivity contribution >= 4 is 9.24 Å². The fraction of sp³-hybridized carbons (Fsp3) is 0.625. The maximum atomic E-state index is 5.38. The van der Waals surface area contributed by atoms with Gasteiger partial charge in [0, 0.05) is 0 Å². The van der Waals surface area contributed by atoms with Crippen LogP contribution in [0, 0.1) is 0 Å². The molecule has 0 spiro atoms. The van der Waals surface area contributed by atoms with Gasteiger partial charge in [0.05, 0.1) is 0 Å². The van der Waals surface area contributed by atoms with Crippen molar-refractivity contribution in [2.24, 2.45) is 5.73 Å². The molecule has 0 saturated heterocycles. The Bertz CT molecular complexity index is 176. The van der Waals surface area contributed by atoms with E-state index in [1.165, 1.54) is 5.56 Å². The second kappa shape index (κ2) is 36.0. The fourth-order valence-corrected chi connectivity index (χ4v) is 0.951. The van der Waals surface area contributed by atoms with Crippen LogP contribution in [0.1, 0.15) is 53.5 Å². The van der Waals surface area contributed by atoms with Gasteiger partial charge in [0.1, 0.15) is 0 Å². The lowest BCUT2D eigenvalue weighted by atomic mass is 10.1. The minimum atomic E-state index is 0.787. The summed E-state index contributed by atoms with van der Waals surface area (Å²) in [5, 5.41) is 0. The zero-order valence-corrected chi connectivity index (χ0v) is 14.8. The van der Waals surface area contributed by atoms with Crippen molar-refractivity contribution in [3.63, 3.8) is 0 Å². The standard InChI is InChI=1S/C9H13N.3C2H6.CH5P/c10-8-4-7-9-5-2-1-3-6-9;4*1-2/h1-3,5-6H,4,7-8,10H2;3*1-2H3;2H2,1H3. The van der Waals surface area contributed by atoms with Crippen LogP contribution in [0.15, 0.2) is 30.3 Å². The molecule has 0 heterocycles. The molecule has 1 atom stereocenters. The van der Waals surface area contributed by atoms with E-state index in [9.17, 15) is 0 Å². The molecule has 0 aromatic heterocycles. The lowest BCUT2D eigenvalue weighted by molar-refractivity contribution is 0.833. The van der Waals surface area contributed by atoms with Crippen LogP contribution in [0.4, 0.5) is 0 Å². The van der Waals surface area contributed by atoms with Crippen molar-refractivity contribution in [1.29, 1.82) is 0 Å². The first-order valence-corrected chi connectivity index (χ1v) is 8.40. The van der Waals surface area contributed by atoms with E-state index >= 15 is 0 Å². The van der Waals surface area contributed by atoms with Crippen LogP contribution < -0.4 is 5.73 Å². The maximum absolute atomic E-state index is 5.38. The van der Waals surface area contributed by atoms with E-state index in [1.807, 2.05) is 54.3 Å². The highest BCUT2D eigenvalue weighted by molar-refractivity contribution is 7.15. The largest absolute Gasteiger partial charge is 0.330 e. The van der Waals surface area contributed by atoms with Crippen molar-refractivity contribution in [2.75, 3.05) is 13.2 Å². The number of rotatable bonds is 3. The Labute approximate surface area is 119 Å². The second-order valence-corrected chi connectivity index (χ2v) is 2.38. The summed E-state index contributed by atoms with van der Waals surface area (Å²) >= 11 is 0. The molecule has 110 valence electrons. The summed E-state index contributed by atoms with van der Waals surface area (Å²) in [7, 11) is 2.42. The molecule has 0 aliphatic rings. The number of hydrogen-bond acceptors (Lipinski definition) is 1. The number of benzene rings is 1. The molecule has 0 fully saturated rings. The topological polar surface area (TPSA) is 26.0 Å². The minimum Gasteiger partial charge on any atom is -0.330 e. The number of hydrogen-bond donors (Lipinski definition) is 1. The monoisotopic (exact) mass is 273 g/mol. The van der Waals surface area contributed by atoms with Gasteiger partial charge in [0.15, 0.2) is 0 Å². The molecule has 1 aromatic rings. The third-order valence-electron chi connectivity index (χ3n) is 1.51. The third-order valence-corrected chi connectivity index (χ3v) is 1.51. The van der Waals surface area contributed by atoms with Crippen molar-refractivity contribution in [1.82, 2.24) is 0 Å². The van der Waals surface area contributed by atoms with Gasteiger partial charge in [-0.3, -0.25) is 0 Å². The lowest BCUT2D eigenvalue weighted by Gasteiger charge is -1.96. The first kappa shape index (κ1) is 26.2. The predicted molar refractivity (Wildman–Crippen MR) is 93.5 cm³/mol. The molecule has 1 nitrogen and oxygen atoms in total. The second-order valence-electron chi connectivity index (χ2n) is 2.38. The van der Waals surface area contributed by atoms with Gasteiger partial charge in [0.25, 0.3) is 0 Å². The van der Waals surface area contributed by atoms with Crippen LogP contribution in [-0.4, -0.2) is 13.2 Å². The van der Waals surface area contributed by atoms with E-state index in [4.69, 9.17) is 5.73 Å². The summed E-state index contributed by atoms with van der Waals surface area (Å²) in [5.74, 6) is 0. The number of aryl methyl sites for hydroxylation is 1. The Kier molecular flexibility index (Phi) is 52.4. The van der Waals surface area contributed by atoms with Crippen LogP contribution in [-0.2, 0) is 6.42 Å². The van der Waals surface area contributed by atoms with E-state index in [0.29, 0.717) is 0 Å². The highest BCUT2D eigenvalue weighted by Crippen LogP contribution is 2.00. The smallest absolute Gasteiger partial charge is 0.00741 e. The normalized spacial score (nSPS) is 6.72. The van der Waals surface area contributed by atoms with Crippen LogP contribution in [0.5, 0.6) is 0 Å². The molecular formula is C16H36NP. The first-order valence-electron chi connectivity index (χ1n) is 7.25. The molecule has 1 rings (SSSR count). The van der Waals surface area contributed by atoms with Gasteiger partial charge in [-0.25, -0.2) is 0 Å². The molecule has 0 radical (unpaired) electrons. The molecule has 2 N–H and O–H groups in total. The quantitative estimate of drug-likeness (QED) is 0.757. The summed E-state index contributed by atoms with van der Waals surface area (Å²) < 4.78 is 0. The Morgan fingerprint density at radius 3 is 1.56 bits per heavy atom. The van der Waals surface area contributed by atoms with Crippen LogP contribution in [0.2, 0.25) is 0 Å². The van der Waals surface area contributed by atoms with E-state index in [0.717, 1.165) is 19.4 Å². The molecule has 1 unspecified atom stereocenters. The van der Waals surface area contributed by atoms with E-state index in [1.54, 1.807) is 0 Å². The van der Waals surface area contributed by atoms with Gasteiger partial charge in [-0.05, 0) is 24.9 Å². The van der Waals surface area contributed by atoms with E-state index in [2.05, 4.69) is 33.5 Å². The third kappa shape index (κ3) is 24.7. The van der Waals surface area contributed by atoms with E-state index < -0.39 is 0 Å². The first-order chi connectivity index (χ1) is 8.93. The molecule has 18 heavy (non-hydrogen) atoms. The zero-order valence-electron chi connectivity index (χ0n) is 13.7. The van der Waals surface area contributed by atoms with Crippen molar-refractivity contribution in [2.45, 2.75) is 54.4 Å². The summed E-state index contributed by atoms with van der Waals surface area (Å²) in [6.07, 6.45) is 2.20. The lowest BCUT2D eigenvalue weighted by Crippen LogP contribution is -1.99. The molecule has 0 amide bonds. The van der Waals surface area contributed by atoms with Gasteiger partial charge in [-0.2, -0.15) is 0 Å². The van der Waals surface area contributed by atoms with Gasteiger partial charge in [-0.15, -0.1) is 9.24 Å². The van der Waals surface area contributed by atoms with Gasteiger partial charge in [-0.1, -0.05) is 78.5 Å². The average Bonchev–Trinajstić information content (AvgIpc) is 2.54. The SMILES string of the molecule is CC.CC.CC.CP.NCCCc1ccccc1. The summed E-state index contributed by atoms with van der Waals surface area (Å²) in [4.78, 5) is 0. The average molecular weight is 273 g/mol. The Balaban J connectivity index is -0.000000105. The Morgan fingerprint density at radius 2 is 1.22 bits per heavy atom. The molecule has 0 aliphatic heterocycles. The van der Waals surface area contributed by atoms with Crippen LogP contribution >= 0.6 is 9.24 Å². The highest BCUT2D eigenvalue weighted by Gasteiger charge is 1.87. The summed E-state index contributed by atoms with van der Waals surface area (Å²) in [6, 6.07) is 10.4. The summed E-state index contributed by atoms with van der Waals surface area (Å²) in [5.41, 5.74) is 6.76. The van der Waals surface area contributed by atoms with Gasteiger partial charge in [0.2, 0.25) is 0 Å². The van der Waals surface area contributed by atoms with Gasteiger partial charge >= 0.3 is 0 Å². The molecule has 1 aromatic carbocycles. The minimum absolute atomic E-state index is 0.787. The predicted octanol–water partition coefficient (Wildman–Crippen LogP) is 5.15. The highest BCUT2D eigenvalue weighted by atomic mass is 31.0. The number of nitrogens with two attached hydrogens (primary N) is 1. The molecule has 0 bridgehead atoms. The summed E-state index contributed by atoms with van der Waals surface area (Å²) in [6.45, 7) is 14.7. The van der Waals surface area contributed by atoms with Gasteiger partial charge < -0.3 is 5.73 Å². The Hall–Kier alpha value is -0.390. The van der Waals surface area contributed by atoms with Crippen LogP contribution in [0.3, 0.4) is 0 Å². The van der Waals surface area contributed by atoms with Crippen molar-refractivity contribution in [3.8, 4) is 0 Å². The maximum Gasteiger partial charge on any atom is -0.00741 e.